The summed E-state index contributed by atoms with van der Waals surface area (Å²) in [4.78, 5) is 12.2. The Morgan fingerprint density at radius 2 is 1.55 bits per heavy atom. The average molecular weight is 263 g/mol. The number of aromatic hydroxyl groups is 1. The van der Waals surface area contributed by atoms with Gasteiger partial charge in [0.1, 0.15) is 5.75 Å². The fourth-order valence-corrected chi connectivity index (χ4v) is 2.21. The number of fused-ring (bicyclic) bond motifs is 1. The second-order valence-electron chi connectivity index (χ2n) is 4.50. The van der Waals surface area contributed by atoms with E-state index in [9.17, 15) is 9.90 Å². The maximum absolute atomic E-state index is 12.2. The predicted molar refractivity (Wildman–Crippen MR) is 80.0 cm³/mol. The van der Waals surface area contributed by atoms with Gasteiger partial charge in [-0.2, -0.15) is 0 Å². The maximum Gasteiger partial charge on any atom is 0.255 e. The topological polar surface area (TPSA) is 49.3 Å². The monoisotopic (exact) mass is 263 g/mol. The molecule has 0 atom stereocenters. The Labute approximate surface area is 116 Å². The summed E-state index contributed by atoms with van der Waals surface area (Å²) in [6.45, 7) is 0. The van der Waals surface area contributed by atoms with E-state index < -0.39 is 0 Å². The molecule has 3 rings (SSSR count). The van der Waals surface area contributed by atoms with Gasteiger partial charge >= 0.3 is 0 Å². The maximum atomic E-state index is 12.2. The van der Waals surface area contributed by atoms with E-state index in [1.807, 2.05) is 36.4 Å². The van der Waals surface area contributed by atoms with E-state index in [-0.39, 0.29) is 11.7 Å². The minimum atomic E-state index is -0.193. The summed E-state index contributed by atoms with van der Waals surface area (Å²) in [7, 11) is 0. The van der Waals surface area contributed by atoms with Crippen molar-refractivity contribution in [2.24, 2.45) is 0 Å². The van der Waals surface area contributed by atoms with Crippen LogP contribution in [0.3, 0.4) is 0 Å². The highest BCUT2D eigenvalue weighted by molar-refractivity contribution is 6.10. The third-order valence-corrected chi connectivity index (χ3v) is 3.17. The van der Waals surface area contributed by atoms with E-state index in [1.54, 1.807) is 30.3 Å². The molecule has 0 radical (unpaired) electrons. The largest absolute Gasteiger partial charge is 0.507 e. The summed E-state index contributed by atoms with van der Waals surface area (Å²) in [5.41, 5.74) is 1.19. The quantitative estimate of drug-likeness (QED) is 0.738. The van der Waals surface area contributed by atoms with Crippen LogP contribution in [0.4, 0.5) is 5.69 Å². The molecule has 0 bridgehead atoms. The lowest BCUT2D eigenvalue weighted by Crippen LogP contribution is -2.11. The third kappa shape index (κ3) is 2.21. The number of carbonyl (C=O) groups excluding carboxylic acids is 1. The molecule has 98 valence electrons. The third-order valence-electron chi connectivity index (χ3n) is 3.17. The number of benzene rings is 3. The Bertz CT molecular complexity index is 761. The van der Waals surface area contributed by atoms with Crippen LogP contribution >= 0.6 is 0 Å². The number of carbonyl (C=O) groups is 1. The van der Waals surface area contributed by atoms with Gasteiger partial charge in [-0.15, -0.1) is 0 Å². The van der Waals surface area contributed by atoms with Crippen molar-refractivity contribution in [3.63, 3.8) is 0 Å². The standard InChI is InChI=1S/C17H13NO2/c19-15-11-5-9-12-8-4-10-14(16(12)15)18-17(20)13-6-2-1-3-7-13/h1-11,19H,(H,18,20). The van der Waals surface area contributed by atoms with Gasteiger partial charge in [0.05, 0.1) is 5.69 Å². The normalized spacial score (nSPS) is 10.4. The molecule has 0 aromatic heterocycles. The lowest BCUT2D eigenvalue weighted by molar-refractivity contribution is 0.102. The summed E-state index contributed by atoms with van der Waals surface area (Å²) < 4.78 is 0. The van der Waals surface area contributed by atoms with Crippen molar-refractivity contribution >= 4 is 22.4 Å². The number of hydrogen-bond donors (Lipinski definition) is 2. The van der Waals surface area contributed by atoms with Crippen molar-refractivity contribution in [2.75, 3.05) is 5.32 Å². The zero-order valence-corrected chi connectivity index (χ0v) is 10.7. The van der Waals surface area contributed by atoms with E-state index in [2.05, 4.69) is 5.32 Å². The van der Waals surface area contributed by atoms with Crippen molar-refractivity contribution in [3.05, 3.63) is 72.3 Å². The van der Waals surface area contributed by atoms with Crippen molar-refractivity contribution in [3.8, 4) is 5.75 Å². The summed E-state index contributed by atoms with van der Waals surface area (Å²) in [6.07, 6.45) is 0. The molecule has 0 aliphatic heterocycles. The molecular weight excluding hydrogens is 250 g/mol. The number of nitrogens with one attached hydrogen (secondary N) is 1. The lowest BCUT2D eigenvalue weighted by atomic mass is 10.1. The molecule has 3 aromatic carbocycles. The Morgan fingerprint density at radius 3 is 2.30 bits per heavy atom. The van der Waals surface area contributed by atoms with E-state index in [0.29, 0.717) is 16.6 Å². The minimum Gasteiger partial charge on any atom is -0.507 e. The Balaban J connectivity index is 2.02. The predicted octanol–water partition coefficient (Wildman–Crippen LogP) is 3.80. The van der Waals surface area contributed by atoms with E-state index in [1.165, 1.54) is 0 Å². The minimum absolute atomic E-state index is 0.159. The highest BCUT2D eigenvalue weighted by atomic mass is 16.3. The second-order valence-corrected chi connectivity index (χ2v) is 4.50. The molecule has 20 heavy (non-hydrogen) atoms. The zero-order chi connectivity index (χ0) is 13.9. The average Bonchev–Trinajstić information content (AvgIpc) is 2.48. The van der Waals surface area contributed by atoms with Gasteiger partial charge in [0.15, 0.2) is 0 Å². The zero-order valence-electron chi connectivity index (χ0n) is 10.7. The van der Waals surface area contributed by atoms with Crippen LogP contribution < -0.4 is 5.32 Å². The molecule has 3 nitrogen and oxygen atoms in total. The molecule has 0 fully saturated rings. The second kappa shape index (κ2) is 5.05. The van der Waals surface area contributed by atoms with Gasteiger partial charge in [0.2, 0.25) is 0 Å². The molecule has 1 amide bonds. The first-order chi connectivity index (χ1) is 9.75. The van der Waals surface area contributed by atoms with Gasteiger partial charge in [-0.05, 0) is 29.7 Å². The van der Waals surface area contributed by atoms with E-state index >= 15 is 0 Å². The molecule has 0 saturated carbocycles. The number of hydrogen-bond acceptors (Lipinski definition) is 2. The molecule has 0 aliphatic rings. The van der Waals surface area contributed by atoms with Gasteiger partial charge in [0, 0.05) is 10.9 Å². The Kier molecular flexibility index (Phi) is 3.09. The molecular formula is C17H13NO2. The van der Waals surface area contributed by atoms with E-state index in [0.717, 1.165) is 5.39 Å². The summed E-state index contributed by atoms with van der Waals surface area (Å²) in [6, 6.07) is 19.8. The molecule has 0 spiro atoms. The summed E-state index contributed by atoms with van der Waals surface area (Å²) in [5.74, 6) is -0.0344. The van der Waals surface area contributed by atoms with Gasteiger partial charge in [0.25, 0.3) is 5.91 Å². The number of phenols is 1. The number of anilines is 1. The fraction of sp³-hybridized carbons (Fsp3) is 0. The van der Waals surface area contributed by atoms with Crippen LogP contribution in [0.15, 0.2) is 66.7 Å². The fourth-order valence-electron chi connectivity index (χ4n) is 2.21. The van der Waals surface area contributed by atoms with Crippen molar-refractivity contribution in [1.29, 1.82) is 0 Å². The van der Waals surface area contributed by atoms with Crippen LogP contribution in [0, 0.1) is 0 Å². The molecule has 0 aliphatic carbocycles. The van der Waals surface area contributed by atoms with Gasteiger partial charge in [-0.1, -0.05) is 42.5 Å². The van der Waals surface area contributed by atoms with Crippen LogP contribution in [0.1, 0.15) is 10.4 Å². The molecule has 0 unspecified atom stereocenters. The first-order valence-corrected chi connectivity index (χ1v) is 6.33. The first kappa shape index (κ1) is 12.2. The lowest BCUT2D eigenvalue weighted by Gasteiger charge is -2.10. The number of amides is 1. The van der Waals surface area contributed by atoms with Crippen molar-refractivity contribution < 1.29 is 9.90 Å². The van der Waals surface area contributed by atoms with Crippen LogP contribution in [0.25, 0.3) is 10.8 Å². The van der Waals surface area contributed by atoms with Crippen LogP contribution in [0.5, 0.6) is 5.75 Å². The van der Waals surface area contributed by atoms with Gasteiger partial charge < -0.3 is 10.4 Å². The number of phenolic OH excluding ortho intramolecular Hbond substituents is 1. The Morgan fingerprint density at radius 1 is 0.850 bits per heavy atom. The van der Waals surface area contributed by atoms with Crippen molar-refractivity contribution in [1.82, 2.24) is 0 Å². The summed E-state index contributed by atoms with van der Waals surface area (Å²) >= 11 is 0. The summed E-state index contributed by atoms with van der Waals surface area (Å²) in [5, 5.41) is 14.4. The van der Waals surface area contributed by atoms with Crippen LogP contribution in [-0.4, -0.2) is 11.0 Å². The molecule has 0 heterocycles. The highest BCUT2D eigenvalue weighted by Gasteiger charge is 2.09. The molecule has 0 saturated heterocycles. The SMILES string of the molecule is O=C(Nc1cccc2cccc(O)c12)c1ccccc1. The molecule has 2 N–H and O–H groups in total. The molecule has 3 heteroatoms. The Hall–Kier alpha value is -2.81. The van der Waals surface area contributed by atoms with E-state index in [4.69, 9.17) is 0 Å². The van der Waals surface area contributed by atoms with Crippen LogP contribution in [-0.2, 0) is 0 Å². The number of rotatable bonds is 2. The van der Waals surface area contributed by atoms with Crippen LogP contribution in [0.2, 0.25) is 0 Å². The van der Waals surface area contributed by atoms with Gasteiger partial charge in [-0.3, -0.25) is 4.79 Å². The molecule has 3 aromatic rings. The van der Waals surface area contributed by atoms with Crippen molar-refractivity contribution in [2.45, 2.75) is 0 Å². The smallest absolute Gasteiger partial charge is 0.255 e. The highest BCUT2D eigenvalue weighted by Crippen LogP contribution is 2.31. The van der Waals surface area contributed by atoms with Gasteiger partial charge in [-0.25, -0.2) is 0 Å². The first-order valence-electron chi connectivity index (χ1n) is 6.33.